The molecule has 1 amide bonds. The zero-order valence-electron chi connectivity index (χ0n) is 11.2. The summed E-state index contributed by atoms with van der Waals surface area (Å²) < 4.78 is 22.8. The monoisotopic (exact) mass is 284 g/mol. The van der Waals surface area contributed by atoms with Crippen molar-refractivity contribution in [2.45, 2.75) is 24.7 Å². The number of carbonyl (C=O) groups excluding carboxylic acids is 1. The Bertz CT molecular complexity index is 537. The first-order valence-electron chi connectivity index (χ1n) is 6.16. The van der Waals surface area contributed by atoms with E-state index >= 15 is 0 Å². The quantitative estimate of drug-likeness (QED) is 0.826. The van der Waals surface area contributed by atoms with Crippen molar-refractivity contribution in [1.82, 2.24) is 0 Å². The van der Waals surface area contributed by atoms with Gasteiger partial charge in [-0.05, 0) is 30.7 Å². The lowest BCUT2D eigenvalue weighted by molar-refractivity contribution is -0.117. The van der Waals surface area contributed by atoms with Crippen LogP contribution in [0.25, 0.3) is 0 Å². The van der Waals surface area contributed by atoms with Crippen molar-refractivity contribution in [3.8, 4) is 0 Å². The maximum Gasteiger partial charge on any atom is 0.224 e. The summed E-state index contributed by atoms with van der Waals surface area (Å²) in [7, 11) is -3.26. The molecule has 19 heavy (non-hydrogen) atoms. The first-order valence-corrected chi connectivity index (χ1v) is 8.06. The number of nitrogens with one attached hydrogen (secondary N) is 1. The highest BCUT2D eigenvalue weighted by molar-refractivity contribution is 7.90. The first-order chi connectivity index (χ1) is 8.86. The topological polar surface area (TPSA) is 89.3 Å². The van der Waals surface area contributed by atoms with Crippen molar-refractivity contribution in [2.24, 2.45) is 11.7 Å². The largest absolute Gasteiger partial charge is 0.330 e. The number of nitrogens with two attached hydrogens (primary N) is 1. The van der Waals surface area contributed by atoms with E-state index in [0.29, 0.717) is 18.7 Å². The predicted molar refractivity (Wildman–Crippen MR) is 75.6 cm³/mol. The summed E-state index contributed by atoms with van der Waals surface area (Å²) in [5, 5.41) is 2.69. The maximum atomic E-state index is 11.8. The molecule has 3 N–H and O–H groups in total. The fourth-order valence-electron chi connectivity index (χ4n) is 1.67. The Balaban J connectivity index is 2.75. The van der Waals surface area contributed by atoms with E-state index in [-0.39, 0.29) is 16.7 Å². The molecule has 0 radical (unpaired) electrons. The predicted octanol–water partition coefficient (Wildman–Crippen LogP) is 1.40. The molecule has 0 aliphatic heterocycles. The van der Waals surface area contributed by atoms with E-state index in [1.807, 2.05) is 6.92 Å². The lowest BCUT2D eigenvalue weighted by Crippen LogP contribution is -2.21. The van der Waals surface area contributed by atoms with Gasteiger partial charge in [-0.25, -0.2) is 8.42 Å². The van der Waals surface area contributed by atoms with Crippen molar-refractivity contribution < 1.29 is 13.2 Å². The van der Waals surface area contributed by atoms with Crippen LogP contribution in [0.1, 0.15) is 19.8 Å². The number of benzene rings is 1. The second-order valence-corrected chi connectivity index (χ2v) is 6.58. The highest BCUT2D eigenvalue weighted by Gasteiger charge is 2.12. The third-order valence-corrected chi connectivity index (χ3v) is 4.04. The average molecular weight is 284 g/mol. The Hall–Kier alpha value is -1.40. The fourth-order valence-corrected chi connectivity index (χ4v) is 2.34. The summed E-state index contributed by atoms with van der Waals surface area (Å²) in [4.78, 5) is 12.0. The normalized spacial score (nSPS) is 13.0. The van der Waals surface area contributed by atoms with Crippen LogP contribution >= 0.6 is 0 Å². The minimum atomic E-state index is -3.26. The van der Waals surface area contributed by atoms with Gasteiger partial charge in [-0.2, -0.15) is 0 Å². The van der Waals surface area contributed by atoms with Crippen molar-refractivity contribution in [3.63, 3.8) is 0 Å². The molecule has 0 heterocycles. The number of amides is 1. The molecular weight excluding hydrogens is 264 g/mol. The Morgan fingerprint density at radius 3 is 2.63 bits per heavy atom. The van der Waals surface area contributed by atoms with Crippen LogP contribution in [-0.2, 0) is 14.6 Å². The van der Waals surface area contributed by atoms with Crippen LogP contribution in [-0.4, -0.2) is 27.1 Å². The number of rotatable bonds is 6. The number of hydrogen-bond acceptors (Lipinski definition) is 4. The zero-order valence-corrected chi connectivity index (χ0v) is 12.0. The van der Waals surface area contributed by atoms with Crippen molar-refractivity contribution >= 4 is 21.4 Å². The molecule has 0 fully saturated rings. The van der Waals surface area contributed by atoms with Gasteiger partial charge in [0.25, 0.3) is 0 Å². The van der Waals surface area contributed by atoms with Gasteiger partial charge in [0.15, 0.2) is 9.84 Å². The maximum absolute atomic E-state index is 11.8. The van der Waals surface area contributed by atoms with E-state index in [9.17, 15) is 13.2 Å². The highest BCUT2D eigenvalue weighted by Crippen LogP contribution is 2.16. The molecule has 106 valence electrons. The molecule has 0 spiro atoms. The second-order valence-electron chi connectivity index (χ2n) is 4.56. The summed E-state index contributed by atoms with van der Waals surface area (Å²) in [6.45, 7) is 2.45. The molecule has 5 nitrogen and oxygen atoms in total. The molecule has 0 saturated carbocycles. The Morgan fingerprint density at radius 2 is 2.11 bits per heavy atom. The molecule has 1 aromatic carbocycles. The molecule has 1 unspecified atom stereocenters. The number of anilines is 1. The number of sulfone groups is 1. The summed E-state index contributed by atoms with van der Waals surface area (Å²) in [6.07, 6.45) is 2.32. The first kappa shape index (κ1) is 15.7. The van der Waals surface area contributed by atoms with Crippen molar-refractivity contribution in [1.29, 1.82) is 0 Å². The van der Waals surface area contributed by atoms with E-state index in [1.165, 1.54) is 12.1 Å². The molecular formula is C13H20N2O3S. The van der Waals surface area contributed by atoms with Crippen LogP contribution in [0.4, 0.5) is 5.69 Å². The highest BCUT2D eigenvalue weighted by atomic mass is 32.2. The lowest BCUT2D eigenvalue weighted by atomic mass is 10.0. The summed E-state index contributed by atoms with van der Waals surface area (Å²) in [5.41, 5.74) is 6.03. The van der Waals surface area contributed by atoms with E-state index in [2.05, 4.69) is 5.32 Å². The third kappa shape index (κ3) is 5.00. The van der Waals surface area contributed by atoms with Gasteiger partial charge in [0.1, 0.15) is 0 Å². The van der Waals surface area contributed by atoms with Crippen molar-refractivity contribution in [2.75, 3.05) is 18.1 Å². The molecule has 6 heteroatoms. The zero-order chi connectivity index (χ0) is 14.5. The van der Waals surface area contributed by atoms with Gasteiger partial charge in [0.2, 0.25) is 5.91 Å². The molecule has 1 aromatic rings. The second kappa shape index (κ2) is 6.68. The van der Waals surface area contributed by atoms with E-state index in [0.717, 1.165) is 12.7 Å². The Kier molecular flexibility index (Phi) is 5.50. The van der Waals surface area contributed by atoms with Gasteiger partial charge >= 0.3 is 0 Å². The van der Waals surface area contributed by atoms with Crippen LogP contribution in [0.5, 0.6) is 0 Å². The van der Waals surface area contributed by atoms with Gasteiger partial charge in [-0.15, -0.1) is 0 Å². The molecule has 0 aromatic heterocycles. The molecule has 1 atom stereocenters. The van der Waals surface area contributed by atoms with Gasteiger partial charge < -0.3 is 11.1 Å². The van der Waals surface area contributed by atoms with Crippen LogP contribution in [0.2, 0.25) is 0 Å². The van der Waals surface area contributed by atoms with Crippen LogP contribution < -0.4 is 11.1 Å². The molecule has 0 bridgehead atoms. The van der Waals surface area contributed by atoms with Crippen LogP contribution in [0, 0.1) is 5.92 Å². The number of hydrogen-bond donors (Lipinski definition) is 2. The van der Waals surface area contributed by atoms with E-state index < -0.39 is 9.84 Å². The molecule has 0 aliphatic rings. The number of carbonyl (C=O) groups is 1. The van der Waals surface area contributed by atoms with Gasteiger partial charge in [-0.1, -0.05) is 19.4 Å². The minimum Gasteiger partial charge on any atom is -0.330 e. The fraction of sp³-hybridized carbons (Fsp3) is 0.462. The lowest BCUT2D eigenvalue weighted by Gasteiger charge is -2.12. The summed E-state index contributed by atoms with van der Waals surface area (Å²) in [5.74, 6) is 0.000964. The van der Waals surface area contributed by atoms with Crippen LogP contribution in [0.3, 0.4) is 0 Å². The summed E-state index contributed by atoms with van der Waals surface area (Å²) in [6, 6.07) is 6.22. The average Bonchev–Trinajstić information content (AvgIpc) is 2.35. The molecule has 1 rings (SSSR count). The minimum absolute atomic E-state index is 0.150. The molecule has 0 aliphatic carbocycles. The van der Waals surface area contributed by atoms with Crippen molar-refractivity contribution in [3.05, 3.63) is 24.3 Å². The summed E-state index contributed by atoms with van der Waals surface area (Å²) >= 11 is 0. The SMILES string of the molecule is CCC(CN)CC(=O)Nc1cccc(S(C)(=O)=O)c1. The van der Waals surface area contributed by atoms with E-state index in [1.54, 1.807) is 12.1 Å². The van der Waals surface area contributed by atoms with Gasteiger partial charge in [0, 0.05) is 18.4 Å². The Morgan fingerprint density at radius 1 is 1.42 bits per heavy atom. The van der Waals surface area contributed by atoms with E-state index in [4.69, 9.17) is 5.73 Å². The Labute approximate surface area is 114 Å². The standard InChI is InChI=1S/C13H20N2O3S/c1-3-10(9-14)7-13(16)15-11-5-4-6-12(8-11)19(2,17)18/h4-6,8,10H,3,7,9,14H2,1-2H3,(H,15,16). The van der Waals surface area contributed by atoms with Crippen LogP contribution in [0.15, 0.2) is 29.2 Å². The molecule has 0 saturated heterocycles. The third-order valence-electron chi connectivity index (χ3n) is 2.93. The van der Waals surface area contributed by atoms with Gasteiger partial charge in [-0.3, -0.25) is 4.79 Å². The van der Waals surface area contributed by atoms with Gasteiger partial charge in [0.05, 0.1) is 4.90 Å². The smallest absolute Gasteiger partial charge is 0.224 e.